The van der Waals surface area contributed by atoms with E-state index in [4.69, 9.17) is 0 Å². The molecule has 0 N–H and O–H groups in total. The van der Waals surface area contributed by atoms with Gasteiger partial charge in [0, 0.05) is 0 Å². The van der Waals surface area contributed by atoms with Crippen LogP contribution in [0.25, 0.3) is 0 Å². The van der Waals surface area contributed by atoms with Gasteiger partial charge in [0.05, 0.1) is 0 Å². The molecular formula is C8H14. The van der Waals surface area contributed by atoms with Crippen LogP contribution >= 0.6 is 0 Å². The van der Waals surface area contributed by atoms with Gasteiger partial charge in [-0.3, -0.25) is 0 Å². The van der Waals surface area contributed by atoms with Gasteiger partial charge in [-0.05, 0) is 25.2 Å². The normalized spacial score (nSPS) is 17.1. The molecule has 0 nitrogen and oxygen atoms in total. The predicted octanol–water partition coefficient (Wildman–Crippen LogP) is 2.75. The molecule has 0 heteroatoms. The Bertz CT molecular complexity index is 92.6. The van der Waals surface area contributed by atoms with Gasteiger partial charge in [-0.15, -0.1) is 0 Å². The van der Waals surface area contributed by atoms with Crippen LogP contribution in [-0.2, 0) is 0 Å². The maximum absolute atomic E-state index is 2.39. The first-order valence-corrected chi connectivity index (χ1v) is 3.47. The van der Waals surface area contributed by atoms with Crippen LogP contribution in [0.5, 0.6) is 0 Å². The monoisotopic (exact) mass is 110 g/mol. The van der Waals surface area contributed by atoms with Crippen LogP contribution in [0.4, 0.5) is 0 Å². The summed E-state index contributed by atoms with van der Waals surface area (Å²) in [6.45, 7) is 4.53. The fraction of sp³-hybridized carbons (Fsp3) is 0.750. The molecule has 0 unspecified atom stereocenters. The van der Waals surface area contributed by atoms with Gasteiger partial charge in [-0.25, -0.2) is 0 Å². The molecule has 1 fully saturated rings. The van der Waals surface area contributed by atoms with Gasteiger partial charge in [-0.1, -0.05) is 25.5 Å². The van der Waals surface area contributed by atoms with Gasteiger partial charge < -0.3 is 0 Å². The molecule has 1 aliphatic carbocycles. The van der Waals surface area contributed by atoms with Crippen molar-refractivity contribution in [2.24, 2.45) is 5.92 Å². The van der Waals surface area contributed by atoms with E-state index in [0.29, 0.717) is 0 Å². The molecule has 0 amide bonds. The highest BCUT2D eigenvalue weighted by molar-refractivity contribution is 5.15. The predicted molar refractivity (Wildman–Crippen MR) is 36.8 cm³/mol. The van der Waals surface area contributed by atoms with Crippen molar-refractivity contribution in [3.8, 4) is 0 Å². The summed E-state index contributed by atoms with van der Waals surface area (Å²) < 4.78 is 0. The Balaban J connectivity index is 2.11. The first-order chi connectivity index (χ1) is 3.79. The lowest BCUT2D eigenvalue weighted by Crippen LogP contribution is -1.80. The highest BCUT2D eigenvalue weighted by atomic mass is 14.1. The van der Waals surface area contributed by atoms with Gasteiger partial charge in [0.1, 0.15) is 0 Å². The smallest absolute Gasteiger partial charge is 0.0283 e. The van der Waals surface area contributed by atoms with Crippen molar-refractivity contribution in [1.82, 2.24) is 0 Å². The third-order valence-corrected chi connectivity index (χ3v) is 1.42. The van der Waals surface area contributed by atoms with Crippen molar-refractivity contribution in [1.29, 1.82) is 0 Å². The molecule has 0 aromatic rings. The second-order valence-corrected chi connectivity index (χ2v) is 2.99. The largest absolute Gasteiger partial charge is 0.0851 e. The van der Waals surface area contributed by atoms with Gasteiger partial charge in [0.25, 0.3) is 0 Å². The molecule has 0 bridgehead atoms. The van der Waals surface area contributed by atoms with Crippen molar-refractivity contribution in [2.75, 3.05) is 0 Å². The van der Waals surface area contributed by atoms with Crippen molar-refractivity contribution in [3.63, 3.8) is 0 Å². The third kappa shape index (κ3) is 2.15. The molecule has 0 aromatic carbocycles. The first kappa shape index (κ1) is 5.87. The summed E-state index contributed by atoms with van der Waals surface area (Å²) >= 11 is 0. The zero-order valence-corrected chi connectivity index (χ0v) is 5.78. The van der Waals surface area contributed by atoms with E-state index in [0.717, 1.165) is 5.92 Å². The second kappa shape index (κ2) is 2.34. The number of hydrogen-bond acceptors (Lipinski definition) is 0. The van der Waals surface area contributed by atoms with E-state index in [1.54, 1.807) is 5.57 Å². The first-order valence-electron chi connectivity index (χ1n) is 3.47. The lowest BCUT2D eigenvalue weighted by atomic mass is 10.1. The van der Waals surface area contributed by atoms with Gasteiger partial charge >= 0.3 is 0 Å². The van der Waals surface area contributed by atoms with Crippen molar-refractivity contribution < 1.29 is 0 Å². The summed E-state index contributed by atoms with van der Waals surface area (Å²) in [7, 11) is 0. The third-order valence-electron chi connectivity index (χ3n) is 1.42. The van der Waals surface area contributed by atoms with E-state index in [1.807, 2.05) is 0 Å². The Kier molecular flexibility index (Phi) is 1.72. The average molecular weight is 110 g/mol. The molecule has 0 aromatic heterocycles. The van der Waals surface area contributed by atoms with Crippen LogP contribution in [-0.4, -0.2) is 0 Å². The van der Waals surface area contributed by atoms with Crippen molar-refractivity contribution in [3.05, 3.63) is 11.6 Å². The second-order valence-electron chi connectivity index (χ2n) is 2.99. The highest BCUT2D eigenvalue weighted by Gasteiger charge is 2.09. The molecule has 1 rings (SSSR count). The number of hydrogen-bond donors (Lipinski definition) is 0. The van der Waals surface area contributed by atoms with Crippen LogP contribution in [0.1, 0.15) is 33.1 Å². The Hall–Kier alpha value is -0.260. The highest BCUT2D eigenvalue weighted by Crippen LogP contribution is 2.28. The molecule has 0 radical (unpaired) electrons. The van der Waals surface area contributed by atoms with Gasteiger partial charge in [-0.2, -0.15) is 0 Å². The van der Waals surface area contributed by atoms with Crippen LogP contribution in [0.3, 0.4) is 0 Å². The SMILES string of the molecule is CC(C)CC=C1CC1. The van der Waals surface area contributed by atoms with E-state index in [-0.39, 0.29) is 0 Å². The minimum absolute atomic E-state index is 0.850. The Morgan fingerprint density at radius 2 is 2.12 bits per heavy atom. The molecule has 8 heavy (non-hydrogen) atoms. The molecule has 1 aliphatic rings. The molecule has 0 aliphatic heterocycles. The Labute approximate surface area is 51.6 Å². The quantitative estimate of drug-likeness (QED) is 0.479. The minimum Gasteiger partial charge on any atom is -0.0851 e. The van der Waals surface area contributed by atoms with E-state index < -0.39 is 0 Å². The van der Waals surface area contributed by atoms with Crippen LogP contribution in [0, 0.1) is 5.92 Å². The average Bonchev–Trinajstić information content (AvgIpc) is 2.41. The van der Waals surface area contributed by atoms with E-state index in [9.17, 15) is 0 Å². The molecule has 0 atom stereocenters. The fourth-order valence-corrected chi connectivity index (χ4v) is 0.679. The molecule has 1 saturated carbocycles. The summed E-state index contributed by atoms with van der Waals surface area (Å²) in [5.74, 6) is 0.850. The van der Waals surface area contributed by atoms with E-state index in [2.05, 4.69) is 19.9 Å². The van der Waals surface area contributed by atoms with Crippen LogP contribution in [0.15, 0.2) is 11.6 Å². The van der Waals surface area contributed by atoms with Gasteiger partial charge in [0.2, 0.25) is 0 Å². The summed E-state index contributed by atoms with van der Waals surface area (Å²) in [6.07, 6.45) is 6.44. The molecule has 0 saturated heterocycles. The zero-order chi connectivity index (χ0) is 5.98. The minimum atomic E-state index is 0.850. The van der Waals surface area contributed by atoms with E-state index >= 15 is 0 Å². The number of rotatable bonds is 2. The maximum atomic E-state index is 2.39. The molecular weight excluding hydrogens is 96.1 g/mol. The lowest BCUT2D eigenvalue weighted by molar-refractivity contribution is 0.663. The Morgan fingerprint density at radius 3 is 2.50 bits per heavy atom. The Morgan fingerprint density at radius 1 is 1.50 bits per heavy atom. The van der Waals surface area contributed by atoms with Crippen LogP contribution in [0.2, 0.25) is 0 Å². The fourth-order valence-electron chi connectivity index (χ4n) is 0.679. The maximum Gasteiger partial charge on any atom is -0.0283 e. The van der Waals surface area contributed by atoms with E-state index in [1.165, 1.54) is 19.3 Å². The topological polar surface area (TPSA) is 0 Å². The van der Waals surface area contributed by atoms with Crippen molar-refractivity contribution >= 4 is 0 Å². The number of allylic oxidation sites excluding steroid dienone is 2. The standard InChI is InChI=1S/C8H14/c1-7(2)3-4-8-5-6-8/h4,7H,3,5-6H2,1-2H3. The van der Waals surface area contributed by atoms with Crippen molar-refractivity contribution in [2.45, 2.75) is 33.1 Å². The molecule has 0 heterocycles. The summed E-state index contributed by atoms with van der Waals surface area (Å²) in [4.78, 5) is 0. The van der Waals surface area contributed by atoms with Gasteiger partial charge in [0.15, 0.2) is 0 Å². The molecule has 0 spiro atoms. The summed E-state index contributed by atoms with van der Waals surface area (Å²) in [6, 6.07) is 0. The summed E-state index contributed by atoms with van der Waals surface area (Å²) in [5.41, 5.74) is 1.68. The summed E-state index contributed by atoms with van der Waals surface area (Å²) in [5, 5.41) is 0. The lowest BCUT2D eigenvalue weighted by Gasteiger charge is -1.94. The van der Waals surface area contributed by atoms with Crippen LogP contribution < -0.4 is 0 Å². The molecule has 46 valence electrons. The zero-order valence-electron chi connectivity index (χ0n) is 5.78.